The molecule has 0 atom stereocenters. The van der Waals surface area contributed by atoms with Crippen molar-refractivity contribution in [3.8, 4) is 5.75 Å². The minimum atomic E-state index is -0.358. The Morgan fingerprint density at radius 1 is 1.07 bits per heavy atom. The number of hydrogen-bond acceptors (Lipinski definition) is 4. The first-order valence-corrected chi connectivity index (χ1v) is 9.72. The van der Waals surface area contributed by atoms with Crippen LogP contribution < -0.4 is 10.1 Å². The van der Waals surface area contributed by atoms with Crippen molar-refractivity contribution >= 4 is 29.3 Å². The van der Waals surface area contributed by atoms with Crippen LogP contribution in [0.1, 0.15) is 12.5 Å². The molecule has 1 N–H and O–H groups in total. The Morgan fingerprint density at radius 2 is 1.74 bits per heavy atom. The maximum Gasteiger partial charge on any atom is 0.234 e. The normalized spacial score (nSPS) is 10.3. The van der Waals surface area contributed by atoms with Crippen molar-refractivity contribution in [2.75, 3.05) is 30.5 Å². The smallest absolute Gasteiger partial charge is 0.234 e. The maximum atomic E-state index is 12.8. The molecule has 2 rings (SSSR count). The Bertz CT molecular complexity index is 751. The highest BCUT2D eigenvalue weighted by molar-refractivity contribution is 8.00. The minimum Gasteiger partial charge on any atom is -0.494 e. The first-order valence-electron chi connectivity index (χ1n) is 8.56. The second-order valence-corrected chi connectivity index (χ2v) is 6.86. The predicted molar refractivity (Wildman–Crippen MR) is 106 cm³/mol. The number of hydrogen-bond donors (Lipinski definition) is 1. The maximum absolute atomic E-state index is 12.8. The zero-order valence-electron chi connectivity index (χ0n) is 15.4. The summed E-state index contributed by atoms with van der Waals surface area (Å²) in [6.45, 7) is 3.04. The zero-order valence-corrected chi connectivity index (χ0v) is 16.2. The highest BCUT2D eigenvalue weighted by Crippen LogP contribution is 2.14. The van der Waals surface area contributed by atoms with E-state index in [-0.39, 0.29) is 29.1 Å². The van der Waals surface area contributed by atoms with Gasteiger partial charge in [-0.3, -0.25) is 9.59 Å². The number of thioether (sulfide) groups is 1. The van der Waals surface area contributed by atoms with Gasteiger partial charge in [-0.25, -0.2) is 4.39 Å². The van der Waals surface area contributed by atoms with E-state index in [1.807, 2.05) is 31.2 Å². The molecular formula is C20H23FN2O3S. The molecule has 2 amide bonds. The SMILES string of the molecule is CCOc1ccc(CN(C)C(=O)CSCC(=O)Nc2ccc(F)cc2)cc1. The first-order chi connectivity index (χ1) is 13.0. The van der Waals surface area contributed by atoms with Crippen LogP contribution in [0.15, 0.2) is 48.5 Å². The van der Waals surface area contributed by atoms with E-state index in [0.717, 1.165) is 11.3 Å². The molecule has 0 radical (unpaired) electrons. The number of ether oxygens (including phenoxy) is 1. The summed E-state index contributed by atoms with van der Waals surface area (Å²) >= 11 is 1.24. The summed E-state index contributed by atoms with van der Waals surface area (Å²) in [5.41, 5.74) is 1.54. The topological polar surface area (TPSA) is 58.6 Å². The van der Waals surface area contributed by atoms with Gasteiger partial charge in [0.1, 0.15) is 11.6 Å². The van der Waals surface area contributed by atoms with Crippen molar-refractivity contribution in [3.63, 3.8) is 0 Å². The summed E-state index contributed by atoms with van der Waals surface area (Å²) in [6, 6.07) is 13.2. The third kappa shape index (κ3) is 7.30. The van der Waals surface area contributed by atoms with E-state index >= 15 is 0 Å². The molecule has 0 aromatic heterocycles. The lowest BCUT2D eigenvalue weighted by atomic mass is 10.2. The predicted octanol–water partition coefficient (Wildman–Crippen LogP) is 3.55. The molecule has 0 bridgehead atoms. The monoisotopic (exact) mass is 390 g/mol. The number of halogens is 1. The fraction of sp³-hybridized carbons (Fsp3) is 0.300. The van der Waals surface area contributed by atoms with Gasteiger partial charge in [0.2, 0.25) is 11.8 Å². The summed E-state index contributed by atoms with van der Waals surface area (Å²) in [7, 11) is 1.73. The first kappa shape index (κ1) is 20.8. The molecule has 0 spiro atoms. The second-order valence-electron chi connectivity index (χ2n) is 5.87. The molecule has 2 aromatic rings. The summed E-state index contributed by atoms with van der Waals surface area (Å²) in [5, 5.41) is 2.66. The Balaban J connectivity index is 1.71. The van der Waals surface area contributed by atoms with Gasteiger partial charge in [-0.15, -0.1) is 11.8 Å². The van der Waals surface area contributed by atoms with Gasteiger partial charge < -0.3 is 15.0 Å². The van der Waals surface area contributed by atoms with E-state index in [9.17, 15) is 14.0 Å². The Kier molecular flexibility index (Phi) is 8.13. The van der Waals surface area contributed by atoms with Crippen LogP contribution in [0.3, 0.4) is 0 Å². The van der Waals surface area contributed by atoms with Gasteiger partial charge in [0.05, 0.1) is 18.1 Å². The van der Waals surface area contributed by atoms with Crippen LogP contribution in [0, 0.1) is 5.82 Å². The Labute approximate surface area is 162 Å². The number of nitrogens with one attached hydrogen (secondary N) is 1. The Morgan fingerprint density at radius 3 is 2.37 bits per heavy atom. The zero-order chi connectivity index (χ0) is 19.6. The van der Waals surface area contributed by atoms with Crippen LogP contribution in [-0.2, 0) is 16.1 Å². The lowest BCUT2D eigenvalue weighted by Crippen LogP contribution is -2.28. The van der Waals surface area contributed by atoms with Crippen molar-refractivity contribution in [3.05, 3.63) is 59.9 Å². The van der Waals surface area contributed by atoms with E-state index in [2.05, 4.69) is 5.32 Å². The highest BCUT2D eigenvalue weighted by Gasteiger charge is 2.11. The summed E-state index contributed by atoms with van der Waals surface area (Å²) in [6.07, 6.45) is 0. The lowest BCUT2D eigenvalue weighted by molar-refractivity contribution is -0.127. The quantitative estimate of drug-likeness (QED) is 0.711. The average molecular weight is 390 g/mol. The van der Waals surface area contributed by atoms with Gasteiger partial charge in [-0.05, 0) is 48.9 Å². The number of nitrogens with zero attached hydrogens (tertiary/aromatic N) is 1. The van der Waals surface area contributed by atoms with Crippen molar-refractivity contribution in [1.82, 2.24) is 4.90 Å². The lowest BCUT2D eigenvalue weighted by Gasteiger charge is -2.17. The third-order valence-corrected chi connectivity index (χ3v) is 4.58. The molecular weight excluding hydrogens is 367 g/mol. The number of carbonyl (C=O) groups is 2. The number of carbonyl (C=O) groups excluding carboxylic acids is 2. The number of rotatable bonds is 9. The van der Waals surface area contributed by atoms with E-state index < -0.39 is 0 Å². The van der Waals surface area contributed by atoms with Gasteiger partial charge >= 0.3 is 0 Å². The molecule has 5 nitrogen and oxygen atoms in total. The molecule has 144 valence electrons. The van der Waals surface area contributed by atoms with Crippen LogP contribution >= 0.6 is 11.8 Å². The molecule has 0 saturated heterocycles. The Hall–Kier alpha value is -2.54. The largest absolute Gasteiger partial charge is 0.494 e. The van der Waals surface area contributed by atoms with Crippen molar-refractivity contribution in [2.45, 2.75) is 13.5 Å². The molecule has 27 heavy (non-hydrogen) atoms. The number of anilines is 1. The minimum absolute atomic E-state index is 0.0523. The molecule has 0 aliphatic rings. The van der Waals surface area contributed by atoms with Crippen molar-refractivity contribution in [2.24, 2.45) is 0 Å². The van der Waals surface area contributed by atoms with Crippen molar-refractivity contribution < 1.29 is 18.7 Å². The molecule has 0 unspecified atom stereocenters. The van der Waals surface area contributed by atoms with E-state index in [1.54, 1.807) is 11.9 Å². The van der Waals surface area contributed by atoms with Gasteiger partial charge in [-0.1, -0.05) is 12.1 Å². The summed E-state index contributed by atoms with van der Waals surface area (Å²) < 4.78 is 18.2. The van der Waals surface area contributed by atoms with Crippen molar-refractivity contribution in [1.29, 1.82) is 0 Å². The van der Waals surface area contributed by atoms with Gasteiger partial charge in [0, 0.05) is 19.3 Å². The fourth-order valence-electron chi connectivity index (χ4n) is 2.29. The van der Waals surface area contributed by atoms with Gasteiger partial charge in [0.15, 0.2) is 0 Å². The van der Waals surface area contributed by atoms with Crippen LogP contribution in [0.5, 0.6) is 5.75 Å². The summed E-state index contributed by atoms with van der Waals surface area (Å²) in [5.74, 6) is 0.531. The number of benzene rings is 2. The van der Waals surface area contributed by atoms with Gasteiger partial charge in [0.25, 0.3) is 0 Å². The van der Waals surface area contributed by atoms with Crippen LogP contribution in [0.2, 0.25) is 0 Å². The standard InChI is InChI=1S/C20H23FN2O3S/c1-3-26-18-10-4-15(5-11-18)12-23(2)20(25)14-27-13-19(24)22-17-8-6-16(21)7-9-17/h4-11H,3,12-14H2,1-2H3,(H,22,24). The van der Waals surface area contributed by atoms with Crippen LogP contribution in [0.25, 0.3) is 0 Å². The molecule has 0 aliphatic heterocycles. The molecule has 0 aliphatic carbocycles. The van der Waals surface area contributed by atoms with Gasteiger partial charge in [-0.2, -0.15) is 0 Å². The fourth-order valence-corrected chi connectivity index (χ4v) is 3.05. The summed E-state index contributed by atoms with van der Waals surface area (Å²) in [4.78, 5) is 25.7. The number of amides is 2. The average Bonchev–Trinajstić information content (AvgIpc) is 2.65. The molecule has 0 saturated carbocycles. The molecule has 0 heterocycles. The third-order valence-electron chi connectivity index (χ3n) is 3.67. The second kappa shape index (κ2) is 10.6. The van der Waals surface area contributed by atoms with E-state index in [0.29, 0.717) is 18.8 Å². The van der Waals surface area contributed by atoms with E-state index in [1.165, 1.54) is 36.0 Å². The highest BCUT2D eigenvalue weighted by atomic mass is 32.2. The van der Waals surface area contributed by atoms with Crippen LogP contribution in [0.4, 0.5) is 10.1 Å². The van der Waals surface area contributed by atoms with E-state index in [4.69, 9.17) is 4.74 Å². The van der Waals surface area contributed by atoms with Crippen LogP contribution in [-0.4, -0.2) is 41.9 Å². The molecule has 0 fully saturated rings. The molecule has 7 heteroatoms. The molecule has 2 aromatic carbocycles.